The van der Waals surface area contributed by atoms with Crippen LogP contribution in [0, 0.1) is 5.41 Å². The van der Waals surface area contributed by atoms with Gasteiger partial charge in [0.25, 0.3) is 0 Å². The average molecular weight is 228 g/mol. The average Bonchev–Trinajstić information content (AvgIpc) is 2.12. The molecule has 1 N–H and O–H groups in total. The van der Waals surface area contributed by atoms with Crippen molar-refractivity contribution in [2.75, 3.05) is 13.2 Å². The van der Waals surface area contributed by atoms with E-state index in [0.717, 1.165) is 24.0 Å². The van der Waals surface area contributed by atoms with E-state index in [4.69, 9.17) is 9.84 Å². The van der Waals surface area contributed by atoms with Gasteiger partial charge in [0.2, 0.25) is 0 Å². The molecule has 16 heavy (non-hydrogen) atoms. The Balaban J connectivity index is 4.42. The number of esters is 1. The number of carbonyl (C=O) groups is 1. The van der Waals surface area contributed by atoms with Gasteiger partial charge in [-0.15, -0.1) is 0 Å². The standard InChI is InChI=1S/C13H24O3/c1-10(2)11(6-7-13(3,4)5)12(15)16-9-8-14/h14H,6-9H2,1-5H3. The van der Waals surface area contributed by atoms with Crippen LogP contribution in [0.1, 0.15) is 47.5 Å². The molecule has 0 saturated carbocycles. The highest BCUT2D eigenvalue weighted by atomic mass is 16.5. The molecule has 0 rings (SSSR count). The maximum atomic E-state index is 11.7. The smallest absolute Gasteiger partial charge is 0.334 e. The van der Waals surface area contributed by atoms with Crippen LogP contribution in [-0.4, -0.2) is 24.3 Å². The molecule has 0 aromatic rings. The number of hydrogen-bond donors (Lipinski definition) is 1. The van der Waals surface area contributed by atoms with E-state index in [1.807, 2.05) is 13.8 Å². The van der Waals surface area contributed by atoms with Crippen LogP contribution in [0.25, 0.3) is 0 Å². The molecular formula is C13H24O3. The second-order valence-electron chi connectivity index (χ2n) is 5.40. The molecule has 3 nitrogen and oxygen atoms in total. The zero-order valence-corrected chi connectivity index (χ0v) is 11.1. The number of hydrogen-bond acceptors (Lipinski definition) is 3. The van der Waals surface area contributed by atoms with E-state index in [9.17, 15) is 4.79 Å². The van der Waals surface area contributed by atoms with Crippen molar-refractivity contribution in [2.45, 2.75) is 47.5 Å². The molecule has 0 amide bonds. The van der Waals surface area contributed by atoms with Gasteiger partial charge in [0.15, 0.2) is 0 Å². The SMILES string of the molecule is CC(C)=C(CCC(C)(C)C)C(=O)OCCO. The van der Waals surface area contributed by atoms with Crippen LogP contribution >= 0.6 is 0 Å². The molecule has 0 radical (unpaired) electrons. The van der Waals surface area contributed by atoms with Gasteiger partial charge in [-0.05, 0) is 32.1 Å². The quantitative estimate of drug-likeness (QED) is 0.581. The lowest BCUT2D eigenvalue weighted by Gasteiger charge is -2.19. The molecule has 0 aliphatic rings. The van der Waals surface area contributed by atoms with E-state index in [0.29, 0.717) is 0 Å². The summed E-state index contributed by atoms with van der Waals surface area (Å²) in [6.07, 6.45) is 1.68. The van der Waals surface area contributed by atoms with Gasteiger partial charge in [0, 0.05) is 5.57 Å². The summed E-state index contributed by atoms with van der Waals surface area (Å²) in [7, 11) is 0. The van der Waals surface area contributed by atoms with Gasteiger partial charge in [-0.25, -0.2) is 4.79 Å². The molecule has 3 heteroatoms. The highest BCUT2D eigenvalue weighted by Gasteiger charge is 2.17. The highest BCUT2D eigenvalue weighted by Crippen LogP contribution is 2.25. The third-order valence-corrected chi connectivity index (χ3v) is 2.30. The van der Waals surface area contributed by atoms with E-state index in [2.05, 4.69) is 20.8 Å². The van der Waals surface area contributed by atoms with Crippen LogP contribution in [0.5, 0.6) is 0 Å². The summed E-state index contributed by atoms with van der Waals surface area (Å²) in [6, 6.07) is 0. The first kappa shape index (κ1) is 15.2. The molecule has 94 valence electrons. The van der Waals surface area contributed by atoms with Crippen LogP contribution < -0.4 is 0 Å². The van der Waals surface area contributed by atoms with E-state index < -0.39 is 0 Å². The van der Waals surface area contributed by atoms with Gasteiger partial charge in [0.1, 0.15) is 6.61 Å². The summed E-state index contributed by atoms with van der Waals surface area (Å²) in [5.74, 6) is -0.293. The van der Waals surface area contributed by atoms with Gasteiger partial charge < -0.3 is 9.84 Å². The molecule has 0 aliphatic heterocycles. The Morgan fingerprint density at radius 3 is 2.19 bits per heavy atom. The van der Waals surface area contributed by atoms with Crippen molar-refractivity contribution in [2.24, 2.45) is 5.41 Å². The largest absolute Gasteiger partial charge is 0.460 e. The van der Waals surface area contributed by atoms with Crippen LogP contribution in [-0.2, 0) is 9.53 Å². The third kappa shape index (κ3) is 6.62. The fourth-order valence-electron chi connectivity index (χ4n) is 1.28. The van der Waals surface area contributed by atoms with Crippen LogP contribution in [0.3, 0.4) is 0 Å². The van der Waals surface area contributed by atoms with Crippen molar-refractivity contribution in [3.63, 3.8) is 0 Å². The Bertz CT molecular complexity index is 255. The zero-order chi connectivity index (χ0) is 12.8. The molecule has 0 fully saturated rings. The van der Waals surface area contributed by atoms with Crippen LogP contribution in [0.4, 0.5) is 0 Å². The predicted molar refractivity (Wildman–Crippen MR) is 65.1 cm³/mol. The minimum absolute atomic E-state index is 0.0745. The molecule has 0 atom stereocenters. The van der Waals surface area contributed by atoms with Crippen molar-refractivity contribution < 1.29 is 14.6 Å². The fourth-order valence-corrected chi connectivity index (χ4v) is 1.28. The number of allylic oxidation sites excluding steroid dienone is 1. The summed E-state index contributed by atoms with van der Waals surface area (Å²) in [5, 5.41) is 8.60. The number of aliphatic hydroxyl groups excluding tert-OH is 1. The van der Waals surface area contributed by atoms with Gasteiger partial charge in [0.05, 0.1) is 6.61 Å². The predicted octanol–water partition coefficient (Wildman–Crippen LogP) is 2.68. The lowest BCUT2D eigenvalue weighted by atomic mass is 9.88. The molecule has 0 aliphatic carbocycles. The summed E-state index contributed by atoms with van der Waals surface area (Å²) in [6.45, 7) is 10.2. The topological polar surface area (TPSA) is 46.5 Å². The third-order valence-electron chi connectivity index (χ3n) is 2.30. The molecular weight excluding hydrogens is 204 g/mol. The Kier molecular flexibility index (Phi) is 6.34. The molecule has 0 aromatic heterocycles. The summed E-state index contributed by atoms with van der Waals surface area (Å²) >= 11 is 0. The molecule has 0 heterocycles. The molecule has 0 unspecified atom stereocenters. The first-order valence-corrected chi connectivity index (χ1v) is 5.72. The highest BCUT2D eigenvalue weighted by molar-refractivity contribution is 5.89. The van der Waals surface area contributed by atoms with E-state index in [-0.39, 0.29) is 24.6 Å². The number of aliphatic hydroxyl groups is 1. The second kappa shape index (κ2) is 6.69. The molecule has 0 saturated heterocycles. The van der Waals surface area contributed by atoms with Gasteiger partial charge in [-0.3, -0.25) is 0 Å². The van der Waals surface area contributed by atoms with Gasteiger partial charge in [-0.1, -0.05) is 26.3 Å². The monoisotopic (exact) mass is 228 g/mol. The summed E-state index contributed by atoms with van der Waals surface area (Å²) in [5.41, 5.74) is 1.94. The fraction of sp³-hybridized carbons (Fsp3) is 0.769. The summed E-state index contributed by atoms with van der Waals surface area (Å²) in [4.78, 5) is 11.7. The van der Waals surface area contributed by atoms with Crippen molar-refractivity contribution >= 4 is 5.97 Å². The Hall–Kier alpha value is -0.830. The maximum Gasteiger partial charge on any atom is 0.334 e. The Labute approximate surface area is 98.5 Å². The number of rotatable bonds is 5. The first-order chi connectivity index (χ1) is 7.28. The lowest BCUT2D eigenvalue weighted by molar-refractivity contribution is -0.140. The second-order valence-corrected chi connectivity index (χ2v) is 5.40. The van der Waals surface area contributed by atoms with Gasteiger partial charge >= 0.3 is 5.97 Å². The Morgan fingerprint density at radius 1 is 1.25 bits per heavy atom. The van der Waals surface area contributed by atoms with Crippen molar-refractivity contribution in [3.8, 4) is 0 Å². The zero-order valence-electron chi connectivity index (χ0n) is 11.1. The van der Waals surface area contributed by atoms with Crippen LogP contribution in [0.15, 0.2) is 11.1 Å². The number of carbonyl (C=O) groups excluding carboxylic acids is 1. The number of ether oxygens (including phenoxy) is 1. The minimum atomic E-state index is -0.293. The first-order valence-electron chi connectivity index (χ1n) is 5.72. The van der Waals surface area contributed by atoms with Gasteiger partial charge in [-0.2, -0.15) is 0 Å². The van der Waals surface area contributed by atoms with E-state index in [1.165, 1.54) is 0 Å². The van der Waals surface area contributed by atoms with Crippen molar-refractivity contribution in [3.05, 3.63) is 11.1 Å². The normalized spacial score (nSPS) is 11.1. The van der Waals surface area contributed by atoms with Crippen molar-refractivity contribution in [1.29, 1.82) is 0 Å². The van der Waals surface area contributed by atoms with E-state index >= 15 is 0 Å². The summed E-state index contributed by atoms with van der Waals surface area (Å²) < 4.78 is 4.93. The molecule has 0 bridgehead atoms. The maximum absolute atomic E-state index is 11.7. The van der Waals surface area contributed by atoms with E-state index in [1.54, 1.807) is 0 Å². The van der Waals surface area contributed by atoms with Crippen LogP contribution in [0.2, 0.25) is 0 Å². The minimum Gasteiger partial charge on any atom is -0.460 e. The van der Waals surface area contributed by atoms with Crippen molar-refractivity contribution in [1.82, 2.24) is 0 Å². The molecule has 0 aromatic carbocycles. The Morgan fingerprint density at radius 2 is 1.81 bits per heavy atom. The lowest BCUT2D eigenvalue weighted by Crippen LogP contribution is -2.14. The molecule has 0 spiro atoms.